The number of nitrogens with two attached hydrogens (primary N) is 1. The summed E-state index contributed by atoms with van der Waals surface area (Å²) >= 11 is 6.09. The fraction of sp³-hybridized carbons (Fsp3) is 0.238. The summed E-state index contributed by atoms with van der Waals surface area (Å²) < 4.78 is 0. The summed E-state index contributed by atoms with van der Waals surface area (Å²) in [5.41, 5.74) is 8.87. The van der Waals surface area contributed by atoms with E-state index in [1.54, 1.807) is 36.4 Å². The molecule has 5 aromatic rings. The van der Waals surface area contributed by atoms with Crippen molar-refractivity contribution < 1.29 is 39.3 Å². The van der Waals surface area contributed by atoms with Crippen LogP contribution in [0.4, 0.5) is 0 Å². The first-order valence-corrected chi connectivity index (χ1v) is 18.5. The lowest BCUT2D eigenvalue weighted by Gasteiger charge is -2.26. The zero-order chi connectivity index (χ0) is 40.9. The van der Waals surface area contributed by atoms with Crippen molar-refractivity contribution in [1.29, 1.82) is 0 Å². The van der Waals surface area contributed by atoms with Gasteiger partial charge in [0.2, 0.25) is 23.6 Å². The Bertz CT molecular complexity index is 2170. The summed E-state index contributed by atoms with van der Waals surface area (Å²) in [6.45, 7) is -0.902. The molecule has 15 heteroatoms. The number of carboxylic acids is 1. The van der Waals surface area contributed by atoms with Gasteiger partial charge in [-0.25, -0.2) is 4.79 Å². The molecule has 5 rings (SSSR count). The molecular formula is C42H43ClN6O8. The number of hydrogen-bond donors (Lipinski definition) is 8. The zero-order valence-electron chi connectivity index (χ0n) is 30.7. The van der Waals surface area contributed by atoms with Crippen molar-refractivity contribution in [3.8, 4) is 5.75 Å². The van der Waals surface area contributed by atoms with E-state index in [1.165, 1.54) is 36.7 Å². The van der Waals surface area contributed by atoms with Gasteiger partial charge in [0.1, 0.15) is 29.9 Å². The van der Waals surface area contributed by atoms with Gasteiger partial charge in [0.15, 0.2) is 0 Å². The van der Waals surface area contributed by atoms with Gasteiger partial charge in [-0.1, -0.05) is 84.4 Å². The number of aliphatic hydroxyl groups is 1. The Morgan fingerprint density at radius 1 is 0.596 bits per heavy atom. The average molecular weight is 795 g/mol. The van der Waals surface area contributed by atoms with Crippen LogP contribution in [0.3, 0.4) is 0 Å². The molecule has 5 atom stereocenters. The fourth-order valence-electron chi connectivity index (χ4n) is 6.10. The van der Waals surface area contributed by atoms with E-state index in [9.17, 15) is 39.3 Å². The first-order valence-electron chi connectivity index (χ1n) is 18.1. The van der Waals surface area contributed by atoms with Gasteiger partial charge < -0.3 is 42.3 Å². The molecule has 0 aliphatic carbocycles. The van der Waals surface area contributed by atoms with Crippen LogP contribution in [0.2, 0.25) is 5.02 Å². The molecule has 0 saturated carbocycles. The lowest BCUT2D eigenvalue weighted by molar-refractivity contribution is -0.142. The Morgan fingerprint density at radius 3 is 1.74 bits per heavy atom. The third kappa shape index (κ3) is 12.3. The molecule has 0 radical (unpaired) electrons. The minimum absolute atomic E-state index is 0.00204. The van der Waals surface area contributed by atoms with Crippen LogP contribution in [-0.4, -0.2) is 86.7 Å². The van der Waals surface area contributed by atoms with E-state index in [2.05, 4.69) is 26.3 Å². The Hall–Kier alpha value is -6.35. The molecule has 14 nitrogen and oxygen atoms in total. The van der Waals surface area contributed by atoms with Crippen molar-refractivity contribution in [2.45, 2.75) is 55.9 Å². The second-order valence-electron chi connectivity index (χ2n) is 13.5. The minimum Gasteiger partial charge on any atom is -0.508 e. The molecule has 0 saturated heterocycles. The molecule has 4 aromatic carbocycles. The molecule has 0 bridgehead atoms. The van der Waals surface area contributed by atoms with Crippen LogP contribution in [0.1, 0.15) is 22.3 Å². The predicted molar refractivity (Wildman–Crippen MR) is 213 cm³/mol. The van der Waals surface area contributed by atoms with Crippen LogP contribution in [0.15, 0.2) is 116 Å². The molecule has 1 heterocycles. The Labute approximate surface area is 333 Å². The van der Waals surface area contributed by atoms with E-state index in [1.807, 2.05) is 42.5 Å². The maximum absolute atomic E-state index is 14.1. The number of aliphatic hydroxyl groups excluding tert-OH is 1. The first-order chi connectivity index (χ1) is 27.4. The van der Waals surface area contributed by atoms with Crippen molar-refractivity contribution >= 4 is 52.0 Å². The van der Waals surface area contributed by atoms with E-state index in [-0.39, 0.29) is 31.4 Å². The summed E-state index contributed by atoms with van der Waals surface area (Å²) in [7, 11) is 0. The molecule has 296 valence electrons. The maximum Gasteiger partial charge on any atom is 0.326 e. The molecule has 57 heavy (non-hydrogen) atoms. The van der Waals surface area contributed by atoms with Crippen molar-refractivity contribution in [3.63, 3.8) is 0 Å². The van der Waals surface area contributed by atoms with Gasteiger partial charge >= 0.3 is 5.97 Å². The van der Waals surface area contributed by atoms with Crippen molar-refractivity contribution in [2.75, 3.05) is 6.61 Å². The highest BCUT2D eigenvalue weighted by Gasteiger charge is 2.32. The van der Waals surface area contributed by atoms with Gasteiger partial charge in [-0.2, -0.15) is 0 Å². The van der Waals surface area contributed by atoms with Gasteiger partial charge in [-0.05, 0) is 69.8 Å². The van der Waals surface area contributed by atoms with E-state index in [4.69, 9.17) is 17.3 Å². The number of fused-ring (bicyclic) bond motifs is 1. The van der Waals surface area contributed by atoms with E-state index in [0.717, 1.165) is 16.3 Å². The van der Waals surface area contributed by atoms with Crippen LogP contribution >= 0.6 is 11.6 Å². The number of carboxylic acid groups (broad SMARTS) is 1. The quantitative estimate of drug-likeness (QED) is 0.0645. The van der Waals surface area contributed by atoms with Gasteiger partial charge in [-0.3, -0.25) is 24.2 Å². The highest BCUT2D eigenvalue weighted by Crippen LogP contribution is 2.17. The molecule has 0 unspecified atom stereocenters. The fourth-order valence-corrected chi connectivity index (χ4v) is 6.23. The largest absolute Gasteiger partial charge is 0.508 e. The van der Waals surface area contributed by atoms with Crippen molar-refractivity contribution in [2.24, 2.45) is 5.73 Å². The van der Waals surface area contributed by atoms with E-state index in [0.29, 0.717) is 21.7 Å². The van der Waals surface area contributed by atoms with Crippen molar-refractivity contribution in [1.82, 2.24) is 26.3 Å². The number of carbonyl (C=O) groups is 5. The summed E-state index contributed by atoms with van der Waals surface area (Å²) in [5, 5.41) is 42.1. The summed E-state index contributed by atoms with van der Waals surface area (Å²) in [6, 6.07) is 22.6. The lowest BCUT2D eigenvalue weighted by Crippen LogP contribution is -2.60. The number of benzene rings is 4. The second-order valence-corrected chi connectivity index (χ2v) is 14.0. The number of aromatic nitrogens is 1. The van der Waals surface area contributed by atoms with Gasteiger partial charge in [0, 0.05) is 36.7 Å². The standard InChI is InChI=1S/C42H43ClN6O8/c43-31-13-8-25(9-14-31)20-34(46-38(52)33(44)19-27-7-12-29-5-1-2-6-30(29)18-27)39(53)47-35(22-28-4-3-17-45-23-28)40(54)49-37(24-50)41(55)48-36(42(56)57)21-26-10-15-32(51)16-11-26/h1-18,23,33-37,50-51H,19-22,24,44H2,(H,46,52)(H,47,53)(H,48,55)(H,49,54)(H,56,57)/t33-,34-,35-,36+,37+/m1/s1. The van der Waals surface area contributed by atoms with Crippen LogP contribution in [0.5, 0.6) is 5.75 Å². The SMILES string of the molecule is N[C@H](Cc1ccc2ccccc2c1)C(=O)N[C@H](Cc1ccc(Cl)cc1)C(=O)N[C@H](Cc1cccnc1)C(=O)N[C@@H](CO)C(=O)N[C@@H](Cc1ccc(O)cc1)C(=O)O. The molecule has 9 N–H and O–H groups in total. The molecule has 0 aliphatic rings. The number of aromatic hydroxyl groups is 1. The van der Waals surface area contributed by atoms with Crippen LogP contribution in [0, 0.1) is 0 Å². The molecule has 4 amide bonds. The summed E-state index contributed by atoms with van der Waals surface area (Å²) in [6.07, 6.45) is 2.94. The number of phenols is 1. The highest BCUT2D eigenvalue weighted by molar-refractivity contribution is 6.30. The monoisotopic (exact) mass is 794 g/mol. The van der Waals surface area contributed by atoms with Crippen LogP contribution in [-0.2, 0) is 49.7 Å². The predicted octanol–water partition coefficient (Wildman–Crippen LogP) is 2.21. The number of pyridine rings is 1. The van der Waals surface area contributed by atoms with Gasteiger partial charge in [-0.15, -0.1) is 0 Å². The molecular weight excluding hydrogens is 752 g/mol. The number of halogens is 1. The second kappa shape index (κ2) is 20.0. The number of amides is 4. The zero-order valence-corrected chi connectivity index (χ0v) is 31.4. The topological polar surface area (TPSA) is 233 Å². The molecule has 0 spiro atoms. The number of carbonyl (C=O) groups excluding carboxylic acids is 4. The molecule has 0 aliphatic heterocycles. The number of nitrogens with one attached hydrogen (secondary N) is 4. The minimum atomic E-state index is -1.61. The average Bonchev–Trinajstić information content (AvgIpc) is 3.20. The summed E-state index contributed by atoms with van der Waals surface area (Å²) in [5.74, 6) is -4.61. The van der Waals surface area contributed by atoms with E-state index < -0.39 is 66.4 Å². The maximum atomic E-state index is 14.1. The number of aliphatic carboxylic acids is 1. The highest BCUT2D eigenvalue weighted by atomic mass is 35.5. The normalized spacial score (nSPS) is 13.7. The Morgan fingerprint density at radius 2 is 1.12 bits per heavy atom. The summed E-state index contributed by atoms with van der Waals surface area (Å²) in [4.78, 5) is 70.8. The smallest absolute Gasteiger partial charge is 0.326 e. The molecule has 1 aromatic heterocycles. The van der Waals surface area contributed by atoms with Crippen LogP contribution in [0.25, 0.3) is 10.8 Å². The third-order valence-electron chi connectivity index (χ3n) is 9.19. The third-order valence-corrected chi connectivity index (χ3v) is 9.45. The van der Waals surface area contributed by atoms with Gasteiger partial charge in [0.25, 0.3) is 0 Å². The number of phenolic OH excluding ortho intramolecular Hbond substituents is 1. The molecule has 0 fully saturated rings. The van der Waals surface area contributed by atoms with Crippen LogP contribution < -0.4 is 27.0 Å². The number of hydrogen-bond acceptors (Lipinski definition) is 9. The Balaban J connectivity index is 1.32. The number of rotatable bonds is 18. The number of nitrogens with zero attached hydrogens (tertiary/aromatic N) is 1. The van der Waals surface area contributed by atoms with Crippen molar-refractivity contribution in [3.05, 3.63) is 143 Å². The first kappa shape index (κ1) is 41.8. The lowest BCUT2D eigenvalue weighted by atomic mass is 10.00. The Kier molecular flexibility index (Phi) is 14.7. The van der Waals surface area contributed by atoms with Gasteiger partial charge in [0.05, 0.1) is 12.6 Å². The van der Waals surface area contributed by atoms with E-state index >= 15 is 0 Å².